The van der Waals surface area contributed by atoms with Crippen LogP contribution in [0, 0.1) is 11.6 Å². The van der Waals surface area contributed by atoms with Gasteiger partial charge in [0.2, 0.25) is 6.35 Å². The van der Waals surface area contributed by atoms with Gasteiger partial charge in [0.05, 0.1) is 46.2 Å². The molecule has 1 unspecified atom stereocenters. The van der Waals surface area contributed by atoms with E-state index in [0.29, 0.717) is 60.7 Å². The highest BCUT2D eigenvalue weighted by molar-refractivity contribution is 6.00. The number of nitrogens with one attached hydrogen (secondary N) is 1. The Morgan fingerprint density at radius 2 is 1.78 bits per heavy atom. The molecule has 3 aliphatic heterocycles. The fourth-order valence-electron chi connectivity index (χ4n) is 10.4. The first-order valence-corrected chi connectivity index (χ1v) is 21.8. The molecular weight excluding hydrogens is 823 g/mol. The van der Waals surface area contributed by atoms with Crippen LogP contribution in [0.2, 0.25) is 0 Å². The third-order valence-electron chi connectivity index (χ3n) is 14.0. The molecule has 7 heterocycles. The summed E-state index contributed by atoms with van der Waals surface area (Å²) in [5.41, 5.74) is 4.41. The molecule has 4 atom stereocenters. The summed E-state index contributed by atoms with van der Waals surface area (Å²) < 4.78 is 46.8. The summed E-state index contributed by atoms with van der Waals surface area (Å²) in [6, 6.07) is 16.9. The van der Waals surface area contributed by atoms with Gasteiger partial charge < -0.3 is 24.2 Å². The largest absolute Gasteiger partial charge is 0.438 e. The zero-order valence-electron chi connectivity index (χ0n) is 36.1. The number of rotatable bonds is 8. The highest BCUT2D eigenvalue weighted by atomic mass is 19.1. The van der Waals surface area contributed by atoms with Crippen LogP contribution in [0.5, 0.6) is 0 Å². The van der Waals surface area contributed by atoms with Gasteiger partial charge in [-0.1, -0.05) is 23.4 Å². The molecule has 0 spiro atoms. The van der Waals surface area contributed by atoms with E-state index in [9.17, 15) is 14.3 Å². The summed E-state index contributed by atoms with van der Waals surface area (Å²) in [6.07, 6.45) is 6.79. The second kappa shape index (κ2) is 14.5. The number of anilines is 2. The van der Waals surface area contributed by atoms with Crippen LogP contribution in [-0.2, 0) is 23.7 Å². The zero-order valence-corrected chi connectivity index (χ0v) is 36.1. The Bertz CT molecular complexity index is 3080. The first-order valence-electron chi connectivity index (χ1n) is 21.8. The first-order chi connectivity index (χ1) is 30.7. The number of aliphatic hydroxyl groups excluding tert-OH is 1. The number of aromatic nitrogens is 7. The topological polar surface area (TPSA) is 156 Å². The Labute approximate surface area is 366 Å². The van der Waals surface area contributed by atoms with Gasteiger partial charge in [-0.05, 0) is 113 Å². The minimum Gasteiger partial charge on any atom is -0.376 e. The molecule has 3 aromatic carbocycles. The normalized spacial score (nSPS) is 21.9. The molecule has 1 aliphatic carbocycles. The van der Waals surface area contributed by atoms with Crippen molar-refractivity contribution in [3.05, 3.63) is 135 Å². The molecule has 7 aromatic rings. The van der Waals surface area contributed by atoms with Crippen molar-refractivity contribution in [3.8, 4) is 0 Å². The number of hydrogen-bond acceptors (Lipinski definition) is 10. The first kappa shape index (κ1) is 40.2. The third kappa shape index (κ3) is 6.22. The standard InChI is InChI=1S/C47H48F2N10O5/c1-26(28-6-9-32(48)10-7-28)59-41(57-20-19-56(45(57)62)37-13-12-36-33(40(37)49)25-50-54(36)5)39-27(2)55(18-14-34(39)52-59)42(60)38-23-31-22-29(30-15-21-63-46(3,4)24-30)8-11-35(31)58(38)47(16-17-47)43-51-44(61)64-53-43/h6-13,19-20,22-23,25-27,30,45,62H,14-18,21,24H2,1-5H3,(H,51,53,61)/t26-,27+,30+,45?/m1/s1. The summed E-state index contributed by atoms with van der Waals surface area (Å²) in [7, 11) is 1.74. The lowest BCUT2D eigenvalue weighted by Crippen LogP contribution is -2.43. The van der Waals surface area contributed by atoms with Crippen molar-refractivity contribution in [1.82, 2.24) is 39.2 Å². The summed E-state index contributed by atoms with van der Waals surface area (Å²) in [6.45, 7) is 9.13. The summed E-state index contributed by atoms with van der Waals surface area (Å²) in [4.78, 5) is 35.5. The molecule has 2 N–H and O–H groups in total. The number of ether oxygens (including phenoxy) is 1. The van der Waals surface area contributed by atoms with E-state index in [4.69, 9.17) is 14.4 Å². The van der Waals surface area contributed by atoms with Crippen LogP contribution >= 0.6 is 0 Å². The smallest absolute Gasteiger partial charge is 0.376 e. The maximum Gasteiger partial charge on any atom is 0.438 e. The van der Waals surface area contributed by atoms with E-state index in [1.165, 1.54) is 28.8 Å². The van der Waals surface area contributed by atoms with Crippen LogP contribution in [0.4, 0.5) is 20.3 Å². The predicted molar refractivity (Wildman–Crippen MR) is 234 cm³/mol. The quantitative estimate of drug-likeness (QED) is 0.159. The van der Waals surface area contributed by atoms with Gasteiger partial charge in [-0.3, -0.25) is 23.9 Å². The molecular formula is C47H48F2N10O5. The van der Waals surface area contributed by atoms with Gasteiger partial charge >= 0.3 is 5.76 Å². The molecule has 2 fully saturated rings. The van der Waals surface area contributed by atoms with Crippen molar-refractivity contribution in [3.63, 3.8) is 0 Å². The van der Waals surface area contributed by atoms with E-state index in [-0.39, 0.29) is 28.9 Å². The van der Waals surface area contributed by atoms with Gasteiger partial charge in [-0.15, -0.1) is 0 Å². The van der Waals surface area contributed by atoms with E-state index >= 15 is 9.18 Å². The van der Waals surface area contributed by atoms with E-state index in [2.05, 4.69) is 47.3 Å². The van der Waals surface area contributed by atoms with Gasteiger partial charge in [0, 0.05) is 55.5 Å². The Hall–Kier alpha value is -6.59. The van der Waals surface area contributed by atoms with Crippen LogP contribution < -0.4 is 15.6 Å². The molecule has 0 bridgehead atoms. The molecule has 11 rings (SSSR count). The number of benzene rings is 3. The fraction of sp³-hybridized carbons (Fsp3) is 0.383. The summed E-state index contributed by atoms with van der Waals surface area (Å²) in [5.74, 6) is -0.631. The second-order valence-corrected chi connectivity index (χ2v) is 18.3. The highest BCUT2D eigenvalue weighted by Gasteiger charge is 2.53. The number of aryl methyl sites for hydroxylation is 1. The molecule has 1 amide bonds. The van der Waals surface area contributed by atoms with Gasteiger partial charge in [-0.25, -0.2) is 18.3 Å². The van der Waals surface area contributed by atoms with Crippen molar-refractivity contribution in [2.75, 3.05) is 23.0 Å². The van der Waals surface area contributed by atoms with Crippen molar-refractivity contribution < 1.29 is 27.9 Å². The fourth-order valence-corrected chi connectivity index (χ4v) is 10.4. The lowest BCUT2D eigenvalue weighted by Gasteiger charge is -2.36. The number of carbonyl (C=O) groups is 1. The number of carbonyl (C=O) groups excluding carboxylic acids is 1. The summed E-state index contributed by atoms with van der Waals surface area (Å²) in [5, 5.41) is 26.9. The Morgan fingerprint density at radius 1 is 1.02 bits per heavy atom. The van der Waals surface area contributed by atoms with Crippen molar-refractivity contribution in [1.29, 1.82) is 0 Å². The molecule has 4 aliphatic rings. The Kier molecular flexibility index (Phi) is 9.09. The van der Waals surface area contributed by atoms with Crippen LogP contribution in [0.15, 0.2) is 88.6 Å². The molecule has 330 valence electrons. The van der Waals surface area contributed by atoms with Crippen molar-refractivity contribution in [2.45, 2.75) is 95.3 Å². The van der Waals surface area contributed by atoms with E-state index in [0.717, 1.165) is 40.6 Å². The van der Waals surface area contributed by atoms with Gasteiger partial charge in [0.15, 0.2) is 11.6 Å². The number of amides is 1. The summed E-state index contributed by atoms with van der Waals surface area (Å²) >= 11 is 0. The third-order valence-corrected chi connectivity index (χ3v) is 14.0. The van der Waals surface area contributed by atoms with Gasteiger partial charge in [0.25, 0.3) is 5.91 Å². The highest BCUT2D eigenvalue weighted by Crippen LogP contribution is 2.52. The molecule has 1 saturated heterocycles. The SMILES string of the molecule is C[C@H](c1ccc(F)cc1)n1nc2c(c1N1C=CN(c3ccc4c(cnn4C)c3F)C1O)[C@H](C)N(C(=O)c1cc3cc([C@H]4CCOC(C)(C)C4)ccc3n1C1(c3noc(=O)[nH]3)CC1)CC2. The average Bonchev–Trinajstić information content (AvgIpc) is 3.73. The number of halogens is 2. The number of aliphatic hydroxyl groups is 1. The van der Waals surface area contributed by atoms with Gasteiger partial charge in [0.1, 0.15) is 22.9 Å². The lowest BCUT2D eigenvalue weighted by molar-refractivity contribution is -0.0592. The van der Waals surface area contributed by atoms with Crippen LogP contribution in [0.25, 0.3) is 21.8 Å². The molecule has 17 heteroatoms. The maximum atomic E-state index is 16.1. The van der Waals surface area contributed by atoms with E-state index in [1.807, 2.05) is 29.4 Å². The van der Waals surface area contributed by atoms with Gasteiger partial charge in [-0.2, -0.15) is 10.2 Å². The van der Waals surface area contributed by atoms with Crippen molar-refractivity contribution >= 4 is 39.2 Å². The lowest BCUT2D eigenvalue weighted by atomic mass is 9.83. The second-order valence-electron chi connectivity index (χ2n) is 18.3. The van der Waals surface area contributed by atoms with Crippen molar-refractivity contribution in [2.24, 2.45) is 7.05 Å². The van der Waals surface area contributed by atoms with E-state index < -0.39 is 35.5 Å². The molecule has 1 saturated carbocycles. The van der Waals surface area contributed by atoms with Crippen LogP contribution in [-0.4, -0.2) is 75.3 Å². The zero-order chi connectivity index (χ0) is 44.4. The number of nitrogens with zero attached hydrogens (tertiary/aromatic N) is 9. The number of hydrogen-bond donors (Lipinski definition) is 2. The Morgan fingerprint density at radius 3 is 2.52 bits per heavy atom. The molecule has 15 nitrogen and oxygen atoms in total. The Balaban J connectivity index is 1.01. The molecule has 64 heavy (non-hydrogen) atoms. The number of aromatic amines is 1. The number of fused-ring (bicyclic) bond motifs is 3. The van der Waals surface area contributed by atoms with E-state index in [1.54, 1.807) is 58.0 Å². The molecule has 0 radical (unpaired) electrons. The molecule has 4 aromatic heterocycles. The maximum absolute atomic E-state index is 16.1. The predicted octanol–water partition coefficient (Wildman–Crippen LogP) is 7.33. The number of H-pyrrole nitrogens is 1. The van der Waals surface area contributed by atoms with Crippen LogP contribution in [0.1, 0.15) is 110 Å². The van der Waals surface area contributed by atoms with Crippen LogP contribution in [0.3, 0.4) is 0 Å². The minimum atomic E-state index is -1.40. The average molecular weight is 871 g/mol. The monoisotopic (exact) mass is 870 g/mol. The minimum absolute atomic E-state index is 0.155.